The van der Waals surface area contributed by atoms with Crippen LogP contribution < -0.4 is 0 Å². The summed E-state index contributed by atoms with van der Waals surface area (Å²) < 4.78 is 6.23. The second-order valence-corrected chi connectivity index (χ2v) is 6.20. The molecule has 3 nitrogen and oxygen atoms in total. The monoisotopic (exact) mass is 323 g/mol. The van der Waals surface area contributed by atoms with Crippen molar-refractivity contribution in [3.05, 3.63) is 64.3 Å². The molecule has 0 N–H and O–H groups in total. The van der Waals surface area contributed by atoms with Gasteiger partial charge >= 0.3 is 5.97 Å². The predicted octanol–water partition coefficient (Wildman–Crippen LogP) is 4.95. The Labute approximate surface area is 139 Å². The third-order valence-electron chi connectivity index (χ3n) is 3.60. The first kappa shape index (κ1) is 15.4. The number of aromatic nitrogens is 1. The van der Waals surface area contributed by atoms with Crippen molar-refractivity contribution in [1.82, 2.24) is 4.98 Å². The van der Waals surface area contributed by atoms with Crippen LogP contribution in [0.5, 0.6) is 0 Å². The first-order valence-corrected chi connectivity index (χ1v) is 8.29. The Morgan fingerprint density at radius 2 is 1.91 bits per heavy atom. The van der Waals surface area contributed by atoms with Crippen LogP contribution in [0, 0.1) is 6.92 Å². The molecule has 3 aromatic rings. The standard InChI is InChI=1S/C19H17NO2S/c1-3-22-19(21)18-13(2)16-12-15(6-7-17(16)23-18)5-4-14-8-10-20-11-9-14/h4-12H,3H2,1-2H3/b5-4+. The van der Waals surface area contributed by atoms with Crippen LogP contribution in [0.4, 0.5) is 0 Å². The lowest BCUT2D eigenvalue weighted by Gasteiger charge is -1.99. The summed E-state index contributed by atoms with van der Waals surface area (Å²) in [5.74, 6) is -0.236. The molecule has 0 aliphatic heterocycles. The molecule has 1 aromatic carbocycles. The topological polar surface area (TPSA) is 39.2 Å². The lowest BCUT2D eigenvalue weighted by Crippen LogP contribution is -2.03. The van der Waals surface area contributed by atoms with Crippen molar-refractivity contribution in [1.29, 1.82) is 0 Å². The average Bonchev–Trinajstić information content (AvgIpc) is 2.91. The number of ether oxygens (including phenoxy) is 1. The van der Waals surface area contributed by atoms with E-state index in [9.17, 15) is 4.79 Å². The highest BCUT2D eigenvalue weighted by molar-refractivity contribution is 7.21. The molecule has 116 valence electrons. The van der Waals surface area contributed by atoms with Gasteiger partial charge in [0.05, 0.1) is 6.61 Å². The molecule has 0 bridgehead atoms. The van der Waals surface area contributed by atoms with Crippen molar-refractivity contribution >= 4 is 39.5 Å². The summed E-state index contributed by atoms with van der Waals surface area (Å²) in [7, 11) is 0. The zero-order chi connectivity index (χ0) is 16.2. The summed E-state index contributed by atoms with van der Waals surface area (Å²) in [6.45, 7) is 4.19. The number of benzene rings is 1. The van der Waals surface area contributed by atoms with Crippen molar-refractivity contribution in [3.8, 4) is 0 Å². The molecule has 0 radical (unpaired) electrons. The van der Waals surface area contributed by atoms with E-state index < -0.39 is 0 Å². The van der Waals surface area contributed by atoms with Crippen LogP contribution >= 0.6 is 11.3 Å². The van der Waals surface area contributed by atoms with E-state index in [0.717, 1.165) is 26.8 Å². The van der Waals surface area contributed by atoms with E-state index in [-0.39, 0.29) is 5.97 Å². The number of thiophene rings is 1. The van der Waals surface area contributed by atoms with E-state index in [1.165, 1.54) is 11.3 Å². The smallest absolute Gasteiger partial charge is 0.348 e. The Balaban J connectivity index is 1.94. The molecule has 0 spiro atoms. The third kappa shape index (κ3) is 3.32. The lowest BCUT2D eigenvalue weighted by atomic mass is 10.1. The molecule has 0 aliphatic carbocycles. The van der Waals surface area contributed by atoms with Gasteiger partial charge in [0.2, 0.25) is 0 Å². The van der Waals surface area contributed by atoms with Gasteiger partial charge in [-0.3, -0.25) is 4.98 Å². The number of aryl methyl sites for hydroxylation is 1. The lowest BCUT2D eigenvalue weighted by molar-refractivity contribution is 0.0531. The van der Waals surface area contributed by atoms with Gasteiger partial charge in [-0.2, -0.15) is 0 Å². The second kappa shape index (κ2) is 6.75. The van der Waals surface area contributed by atoms with Gasteiger partial charge in [0, 0.05) is 17.1 Å². The van der Waals surface area contributed by atoms with E-state index in [1.54, 1.807) is 12.4 Å². The average molecular weight is 323 g/mol. The fraction of sp³-hybridized carbons (Fsp3) is 0.158. The number of rotatable bonds is 4. The molecule has 3 rings (SSSR count). The Kier molecular flexibility index (Phi) is 4.53. The maximum Gasteiger partial charge on any atom is 0.348 e. The molecule has 2 aromatic heterocycles. The molecule has 0 unspecified atom stereocenters. The fourth-order valence-electron chi connectivity index (χ4n) is 2.40. The number of esters is 1. The first-order valence-electron chi connectivity index (χ1n) is 7.47. The maximum absolute atomic E-state index is 12.0. The number of fused-ring (bicyclic) bond motifs is 1. The zero-order valence-electron chi connectivity index (χ0n) is 13.1. The summed E-state index contributed by atoms with van der Waals surface area (Å²) in [5.41, 5.74) is 3.20. The third-order valence-corrected chi connectivity index (χ3v) is 4.85. The van der Waals surface area contributed by atoms with E-state index >= 15 is 0 Å². The summed E-state index contributed by atoms with van der Waals surface area (Å²) in [4.78, 5) is 16.7. The van der Waals surface area contributed by atoms with Crippen molar-refractivity contribution in [3.63, 3.8) is 0 Å². The van der Waals surface area contributed by atoms with Crippen LogP contribution in [0.25, 0.3) is 22.2 Å². The van der Waals surface area contributed by atoms with Crippen LogP contribution in [0.15, 0.2) is 42.7 Å². The zero-order valence-corrected chi connectivity index (χ0v) is 13.9. The molecule has 23 heavy (non-hydrogen) atoms. The van der Waals surface area contributed by atoms with Gasteiger partial charge in [-0.1, -0.05) is 18.2 Å². The van der Waals surface area contributed by atoms with Gasteiger partial charge in [-0.15, -0.1) is 11.3 Å². The van der Waals surface area contributed by atoms with Crippen molar-refractivity contribution in [2.45, 2.75) is 13.8 Å². The molecule has 2 heterocycles. The summed E-state index contributed by atoms with van der Waals surface area (Å²) in [5, 5.41) is 1.11. The Hall–Kier alpha value is -2.46. The summed E-state index contributed by atoms with van der Waals surface area (Å²) in [6, 6.07) is 10.2. The predicted molar refractivity (Wildman–Crippen MR) is 95.7 cm³/mol. The van der Waals surface area contributed by atoms with Gasteiger partial charge in [0.15, 0.2) is 0 Å². The molecule has 0 fully saturated rings. The Morgan fingerprint density at radius 1 is 1.17 bits per heavy atom. The molecule has 0 saturated heterocycles. The highest BCUT2D eigenvalue weighted by Gasteiger charge is 2.16. The van der Waals surface area contributed by atoms with Gasteiger partial charge in [0.25, 0.3) is 0 Å². The highest BCUT2D eigenvalue weighted by atomic mass is 32.1. The maximum atomic E-state index is 12.0. The van der Waals surface area contributed by atoms with Crippen LogP contribution in [0.2, 0.25) is 0 Å². The number of hydrogen-bond acceptors (Lipinski definition) is 4. The minimum absolute atomic E-state index is 0.236. The molecule has 0 atom stereocenters. The van der Waals surface area contributed by atoms with Crippen molar-refractivity contribution < 1.29 is 9.53 Å². The largest absolute Gasteiger partial charge is 0.462 e. The summed E-state index contributed by atoms with van der Waals surface area (Å²) in [6.07, 6.45) is 7.67. The molecular formula is C19H17NO2S. The van der Waals surface area contributed by atoms with Gasteiger partial charge < -0.3 is 4.74 Å². The Morgan fingerprint density at radius 3 is 2.65 bits per heavy atom. The SMILES string of the molecule is CCOC(=O)c1sc2ccc(/C=C/c3ccncc3)cc2c1C. The molecule has 0 saturated carbocycles. The van der Waals surface area contributed by atoms with E-state index in [2.05, 4.69) is 35.3 Å². The first-order chi connectivity index (χ1) is 11.2. The molecule has 0 amide bonds. The van der Waals surface area contributed by atoms with E-state index in [1.807, 2.05) is 26.0 Å². The Bertz CT molecular complexity index is 866. The fourth-order valence-corrected chi connectivity index (χ4v) is 3.48. The number of carbonyl (C=O) groups excluding carboxylic acids is 1. The normalized spacial score (nSPS) is 11.2. The highest BCUT2D eigenvalue weighted by Crippen LogP contribution is 2.32. The van der Waals surface area contributed by atoms with Gasteiger partial charge in [0.1, 0.15) is 4.88 Å². The minimum Gasteiger partial charge on any atom is -0.462 e. The number of hydrogen-bond donors (Lipinski definition) is 0. The number of pyridine rings is 1. The van der Waals surface area contributed by atoms with Crippen molar-refractivity contribution in [2.24, 2.45) is 0 Å². The number of carbonyl (C=O) groups is 1. The molecular weight excluding hydrogens is 306 g/mol. The van der Waals surface area contributed by atoms with Crippen molar-refractivity contribution in [2.75, 3.05) is 6.61 Å². The minimum atomic E-state index is -0.236. The van der Waals surface area contributed by atoms with E-state index in [4.69, 9.17) is 4.74 Å². The van der Waals surface area contributed by atoms with Gasteiger partial charge in [-0.25, -0.2) is 4.79 Å². The van der Waals surface area contributed by atoms with Crippen LogP contribution in [0.1, 0.15) is 33.3 Å². The molecule has 4 heteroatoms. The summed E-state index contributed by atoms with van der Waals surface area (Å²) >= 11 is 1.49. The van der Waals surface area contributed by atoms with Crippen LogP contribution in [-0.2, 0) is 4.74 Å². The van der Waals surface area contributed by atoms with E-state index in [0.29, 0.717) is 11.5 Å². The van der Waals surface area contributed by atoms with Crippen LogP contribution in [0.3, 0.4) is 0 Å². The number of nitrogens with zero attached hydrogens (tertiary/aromatic N) is 1. The quantitative estimate of drug-likeness (QED) is 0.638. The second-order valence-electron chi connectivity index (χ2n) is 5.15. The molecule has 0 aliphatic rings. The van der Waals surface area contributed by atoms with Gasteiger partial charge in [-0.05, 0) is 60.2 Å². The van der Waals surface area contributed by atoms with Crippen LogP contribution in [-0.4, -0.2) is 17.6 Å².